The Bertz CT molecular complexity index is 288. The van der Waals surface area contributed by atoms with Crippen LogP contribution in [-0.2, 0) is 10.3 Å². The van der Waals surface area contributed by atoms with E-state index in [9.17, 15) is 5.11 Å². The van der Waals surface area contributed by atoms with E-state index in [2.05, 4.69) is 22.6 Å². The molecule has 1 N–H and O–H groups in total. The van der Waals surface area contributed by atoms with E-state index in [1.54, 1.807) is 0 Å². The van der Waals surface area contributed by atoms with Crippen LogP contribution in [-0.4, -0.2) is 18.3 Å². The molecule has 0 saturated carbocycles. The van der Waals surface area contributed by atoms with Gasteiger partial charge >= 0.3 is 0 Å². The molecule has 0 aliphatic carbocycles. The van der Waals surface area contributed by atoms with Crippen molar-refractivity contribution in [2.75, 3.05) is 13.2 Å². The average molecular weight is 290 g/mol. The van der Waals surface area contributed by atoms with Crippen LogP contribution in [0.2, 0.25) is 0 Å². The number of ether oxygens (including phenoxy) is 1. The van der Waals surface area contributed by atoms with Crippen molar-refractivity contribution < 1.29 is 9.84 Å². The number of rotatable bonds is 1. The van der Waals surface area contributed by atoms with Crippen LogP contribution in [0.3, 0.4) is 0 Å². The summed E-state index contributed by atoms with van der Waals surface area (Å²) < 4.78 is 6.38. The Morgan fingerprint density at radius 1 is 1.31 bits per heavy atom. The van der Waals surface area contributed by atoms with Gasteiger partial charge in [-0.1, -0.05) is 12.1 Å². The molecular weight excluding hydrogens is 279 g/mol. The molecule has 70 valence electrons. The third-order valence-electron chi connectivity index (χ3n) is 2.38. The molecule has 3 heteroatoms. The average Bonchev–Trinajstić information content (AvgIpc) is 2.54. The second-order valence-electron chi connectivity index (χ2n) is 3.34. The molecule has 1 aliphatic rings. The van der Waals surface area contributed by atoms with Crippen LogP contribution < -0.4 is 0 Å². The predicted molar refractivity (Wildman–Crippen MR) is 58.5 cm³/mol. The topological polar surface area (TPSA) is 29.5 Å². The van der Waals surface area contributed by atoms with Crippen LogP contribution in [0.5, 0.6) is 0 Å². The van der Waals surface area contributed by atoms with Crippen LogP contribution in [0, 0.1) is 3.57 Å². The first kappa shape index (κ1) is 9.43. The van der Waals surface area contributed by atoms with Crippen LogP contribution >= 0.6 is 22.6 Å². The minimum Gasteiger partial charge on any atom is -0.383 e. The normalized spacial score (nSPS) is 27.8. The number of benzene rings is 1. The monoisotopic (exact) mass is 290 g/mol. The third kappa shape index (κ3) is 1.87. The molecule has 1 aromatic rings. The maximum absolute atomic E-state index is 10.1. The van der Waals surface area contributed by atoms with Gasteiger partial charge in [-0.15, -0.1) is 0 Å². The summed E-state index contributed by atoms with van der Waals surface area (Å²) in [4.78, 5) is 0. The van der Waals surface area contributed by atoms with E-state index in [0.29, 0.717) is 19.6 Å². The maximum Gasteiger partial charge on any atom is 0.115 e. The zero-order chi connectivity index (χ0) is 9.31. The van der Waals surface area contributed by atoms with Crippen LogP contribution in [0.1, 0.15) is 12.0 Å². The Morgan fingerprint density at radius 3 is 2.54 bits per heavy atom. The van der Waals surface area contributed by atoms with Gasteiger partial charge in [0.05, 0.1) is 6.61 Å². The van der Waals surface area contributed by atoms with E-state index in [-0.39, 0.29) is 0 Å². The zero-order valence-electron chi connectivity index (χ0n) is 7.16. The van der Waals surface area contributed by atoms with E-state index in [4.69, 9.17) is 4.74 Å². The van der Waals surface area contributed by atoms with Crippen LogP contribution in [0.15, 0.2) is 24.3 Å². The molecule has 1 atom stereocenters. The Hall–Kier alpha value is -0.130. The summed E-state index contributed by atoms with van der Waals surface area (Å²) in [5.74, 6) is 0. The fourth-order valence-corrected chi connectivity index (χ4v) is 1.90. The van der Waals surface area contributed by atoms with E-state index in [0.717, 1.165) is 5.56 Å². The van der Waals surface area contributed by atoms with Crippen molar-refractivity contribution in [1.82, 2.24) is 0 Å². The highest BCUT2D eigenvalue weighted by Gasteiger charge is 2.33. The highest BCUT2D eigenvalue weighted by Crippen LogP contribution is 2.30. The summed E-state index contributed by atoms with van der Waals surface area (Å²) in [5.41, 5.74) is 0.218. The standard InChI is InChI=1S/C10H11IO2/c11-9-3-1-8(2-4-9)10(12)5-6-13-7-10/h1-4,12H,5-7H2. The molecule has 0 aromatic heterocycles. The second-order valence-corrected chi connectivity index (χ2v) is 4.59. The number of halogens is 1. The van der Waals surface area contributed by atoms with Gasteiger partial charge in [-0.25, -0.2) is 0 Å². The van der Waals surface area contributed by atoms with Gasteiger partial charge in [0.1, 0.15) is 5.60 Å². The second kappa shape index (κ2) is 3.55. The van der Waals surface area contributed by atoms with E-state index in [1.165, 1.54) is 3.57 Å². The molecule has 1 aromatic carbocycles. The third-order valence-corrected chi connectivity index (χ3v) is 3.10. The van der Waals surface area contributed by atoms with Gasteiger partial charge < -0.3 is 9.84 Å². The van der Waals surface area contributed by atoms with Crippen molar-refractivity contribution in [2.45, 2.75) is 12.0 Å². The fraction of sp³-hybridized carbons (Fsp3) is 0.400. The first-order chi connectivity index (χ1) is 6.21. The van der Waals surface area contributed by atoms with Gasteiger partial charge in [-0.2, -0.15) is 0 Å². The van der Waals surface area contributed by atoms with Crippen molar-refractivity contribution in [1.29, 1.82) is 0 Å². The summed E-state index contributed by atoms with van der Waals surface area (Å²) in [5, 5.41) is 10.1. The molecule has 2 nitrogen and oxygen atoms in total. The Balaban J connectivity index is 2.29. The number of aliphatic hydroxyl groups is 1. The summed E-state index contributed by atoms with van der Waals surface area (Å²) in [6.07, 6.45) is 0.702. The molecule has 1 saturated heterocycles. The highest BCUT2D eigenvalue weighted by atomic mass is 127. The molecule has 1 heterocycles. The lowest BCUT2D eigenvalue weighted by Gasteiger charge is -2.20. The predicted octanol–water partition coefficient (Wildman–Crippen LogP) is 1.90. The molecule has 1 fully saturated rings. The number of hydrogen-bond donors (Lipinski definition) is 1. The molecule has 2 rings (SSSR count). The molecule has 13 heavy (non-hydrogen) atoms. The largest absolute Gasteiger partial charge is 0.383 e. The van der Waals surface area contributed by atoms with Crippen molar-refractivity contribution in [3.63, 3.8) is 0 Å². The van der Waals surface area contributed by atoms with Gasteiger partial charge in [0.15, 0.2) is 0 Å². The number of hydrogen-bond acceptors (Lipinski definition) is 2. The summed E-state index contributed by atoms with van der Waals surface area (Å²) in [6, 6.07) is 7.95. The Morgan fingerprint density at radius 2 is 2.00 bits per heavy atom. The Kier molecular flexibility index (Phi) is 2.58. The van der Waals surface area contributed by atoms with Gasteiger partial charge in [0, 0.05) is 16.6 Å². The van der Waals surface area contributed by atoms with Crippen LogP contribution in [0.4, 0.5) is 0 Å². The SMILES string of the molecule is OC1(c2ccc(I)cc2)CCOC1. The van der Waals surface area contributed by atoms with Crippen molar-refractivity contribution in [2.24, 2.45) is 0 Å². The molecular formula is C10H11IO2. The lowest BCUT2D eigenvalue weighted by atomic mass is 9.93. The maximum atomic E-state index is 10.1. The van der Waals surface area contributed by atoms with Crippen molar-refractivity contribution in [3.05, 3.63) is 33.4 Å². The lowest BCUT2D eigenvalue weighted by Crippen LogP contribution is -2.25. The van der Waals surface area contributed by atoms with E-state index in [1.807, 2.05) is 24.3 Å². The van der Waals surface area contributed by atoms with Crippen molar-refractivity contribution in [3.8, 4) is 0 Å². The van der Waals surface area contributed by atoms with Gasteiger partial charge in [-0.3, -0.25) is 0 Å². The van der Waals surface area contributed by atoms with Crippen molar-refractivity contribution >= 4 is 22.6 Å². The van der Waals surface area contributed by atoms with Gasteiger partial charge in [0.25, 0.3) is 0 Å². The molecule has 0 spiro atoms. The first-order valence-electron chi connectivity index (χ1n) is 4.27. The van der Waals surface area contributed by atoms with Gasteiger partial charge in [-0.05, 0) is 40.3 Å². The summed E-state index contributed by atoms with van der Waals surface area (Å²) >= 11 is 2.25. The lowest BCUT2D eigenvalue weighted by molar-refractivity contribution is 0.0232. The first-order valence-corrected chi connectivity index (χ1v) is 5.35. The molecule has 0 radical (unpaired) electrons. The molecule has 1 aliphatic heterocycles. The summed E-state index contributed by atoms with van der Waals surface area (Å²) in [6.45, 7) is 1.08. The van der Waals surface area contributed by atoms with Gasteiger partial charge in [0.2, 0.25) is 0 Å². The quantitative estimate of drug-likeness (QED) is 0.800. The zero-order valence-corrected chi connectivity index (χ0v) is 9.32. The minimum atomic E-state index is -0.746. The molecule has 0 amide bonds. The smallest absolute Gasteiger partial charge is 0.115 e. The van der Waals surface area contributed by atoms with Crippen LogP contribution in [0.25, 0.3) is 0 Å². The van der Waals surface area contributed by atoms with E-state index < -0.39 is 5.60 Å². The summed E-state index contributed by atoms with van der Waals surface area (Å²) in [7, 11) is 0. The molecule has 0 bridgehead atoms. The Labute approximate surface area is 91.1 Å². The molecule has 1 unspecified atom stereocenters. The minimum absolute atomic E-state index is 0.424. The van der Waals surface area contributed by atoms with E-state index >= 15 is 0 Å². The fourth-order valence-electron chi connectivity index (χ4n) is 1.54. The highest BCUT2D eigenvalue weighted by molar-refractivity contribution is 14.1.